The molecule has 29 heavy (non-hydrogen) atoms. The molecule has 0 radical (unpaired) electrons. The Kier molecular flexibility index (Phi) is 4.76. The van der Waals surface area contributed by atoms with Crippen LogP contribution >= 0.6 is 0 Å². The molecule has 1 atom stereocenters. The maximum absolute atomic E-state index is 13.3. The molecular formula is C22H22N2O5. The van der Waals surface area contributed by atoms with E-state index in [1.54, 1.807) is 31.2 Å². The zero-order valence-electron chi connectivity index (χ0n) is 16.5. The molecule has 1 N–H and O–H groups in total. The molecule has 7 heteroatoms. The van der Waals surface area contributed by atoms with Crippen molar-refractivity contribution in [1.82, 2.24) is 9.80 Å². The van der Waals surface area contributed by atoms with Gasteiger partial charge in [0.25, 0.3) is 5.91 Å². The smallest absolute Gasteiger partial charge is 0.290 e. The molecule has 0 bridgehead atoms. The number of hydrogen-bond donors (Lipinski definition) is 1. The predicted molar refractivity (Wildman–Crippen MR) is 107 cm³/mol. The number of likely N-dealkylation sites (N-methyl/N-ethyl adjacent to an activating group) is 1. The van der Waals surface area contributed by atoms with E-state index in [1.165, 1.54) is 4.90 Å². The minimum Gasteiger partial charge on any atom is -0.503 e. The van der Waals surface area contributed by atoms with E-state index in [4.69, 9.17) is 8.83 Å². The fraction of sp³-hybridized carbons (Fsp3) is 0.273. The molecule has 7 nitrogen and oxygen atoms in total. The Morgan fingerprint density at radius 2 is 1.93 bits per heavy atom. The summed E-state index contributed by atoms with van der Waals surface area (Å²) < 4.78 is 11.4. The standard InChI is InChI=1S/C22H22N2O5/c1-13-8-9-16(28-13)19-18(21(26)22(27)24(19)11-10-23(2)3)20(25)17-12-14-6-4-5-7-15(14)29-17/h4-9,12,19,26H,10-11H2,1-3H3/t19-/m1/s1. The van der Waals surface area contributed by atoms with Crippen LogP contribution in [0, 0.1) is 6.92 Å². The first kappa shape index (κ1) is 19.0. The Morgan fingerprint density at radius 1 is 1.17 bits per heavy atom. The summed E-state index contributed by atoms with van der Waals surface area (Å²) in [6.07, 6.45) is 0. The van der Waals surface area contributed by atoms with Crippen LogP contribution in [0.3, 0.4) is 0 Å². The molecule has 0 unspecified atom stereocenters. The quantitative estimate of drug-likeness (QED) is 0.644. The average Bonchev–Trinajstić information content (AvgIpc) is 3.37. The molecule has 0 saturated heterocycles. The van der Waals surface area contributed by atoms with Crippen molar-refractivity contribution in [3.05, 3.63) is 71.1 Å². The van der Waals surface area contributed by atoms with Gasteiger partial charge in [-0.1, -0.05) is 18.2 Å². The third kappa shape index (κ3) is 3.34. The van der Waals surface area contributed by atoms with Gasteiger partial charge in [-0.2, -0.15) is 0 Å². The first-order valence-electron chi connectivity index (χ1n) is 9.35. The Hall–Kier alpha value is -3.32. The lowest BCUT2D eigenvalue weighted by atomic mass is 9.99. The number of para-hydroxylation sites is 1. The number of carbonyl (C=O) groups is 2. The van der Waals surface area contributed by atoms with E-state index in [2.05, 4.69) is 0 Å². The van der Waals surface area contributed by atoms with Crippen molar-refractivity contribution in [2.75, 3.05) is 27.2 Å². The molecule has 3 heterocycles. The maximum atomic E-state index is 13.3. The molecule has 0 fully saturated rings. The zero-order chi connectivity index (χ0) is 20.7. The third-order valence-corrected chi connectivity index (χ3v) is 5.02. The van der Waals surface area contributed by atoms with Crippen LogP contribution in [0.2, 0.25) is 0 Å². The highest BCUT2D eigenvalue weighted by atomic mass is 16.4. The summed E-state index contributed by atoms with van der Waals surface area (Å²) >= 11 is 0. The van der Waals surface area contributed by atoms with E-state index in [9.17, 15) is 14.7 Å². The van der Waals surface area contributed by atoms with Gasteiger partial charge in [-0.05, 0) is 45.3 Å². The maximum Gasteiger partial charge on any atom is 0.290 e. The molecule has 0 aliphatic carbocycles. The number of aliphatic hydroxyl groups is 1. The Bertz CT molecular complexity index is 1090. The van der Waals surface area contributed by atoms with E-state index < -0.39 is 23.5 Å². The molecule has 3 aromatic rings. The van der Waals surface area contributed by atoms with Crippen molar-refractivity contribution >= 4 is 22.7 Å². The molecule has 0 saturated carbocycles. The molecule has 1 amide bonds. The van der Waals surface area contributed by atoms with Crippen molar-refractivity contribution < 1.29 is 23.5 Å². The number of nitrogens with zero attached hydrogens (tertiary/aromatic N) is 2. The number of benzene rings is 1. The Balaban J connectivity index is 1.77. The van der Waals surface area contributed by atoms with Crippen molar-refractivity contribution in [2.45, 2.75) is 13.0 Å². The first-order valence-corrected chi connectivity index (χ1v) is 9.35. The number of hydrogen-bond acceptors (Lipinski definition) is 6. The van der Waals surface area contributed by atoms with Crippen LogP contribution in [0.15, 0.2) is 62.6 Å². The molecule has 1 aromatic carbocycles. The van der Waals surface area contributed by atoms with E-state index in [0.29, 0.717) is 30.2 Å². The number of rotatable bonds is 6. The third-order valence-electron chi connectivity index (χ3n) is 5.02. The first-order chi connectivity index (χ1) is 13.9. The number of aryl methyl sites for hydroxylation is 1. The molecule has 4 rings (SSSR count). The van der Waals surface area contributed by atoms with Crippen LogP contribution in [-0.4, -0.2) is 53.8 Å². The number of Topliss-reactive ketones (excluding diaryl/α,β-unsaturated/α-hetero) is 1. The fourth-order valence-corrected chi connectivity index (χ4v) is 3.55. The van der Waals surface area contributed by atoms with Crippen LogP contribution in [0.5, 0.6) is 0 Å². The minimum absolute atomic E-state index is 0.0258. The lowest BCUT2D eigenvalue weighted by molar-refractivity contribution is -0.129. The Labute approximate surface area is 167 Å². The van der Waals surface area contributed by atoms with Crippen LogP contribution < -0.4 is 0 Å². The van der Waals surface area contributed by atoms with E-state index >= 15 is 0 Å². The summed E-state index contributed by atoms with van der Waals surface area (Å²) in [5.41, 5.74) is 0.539. The van der Waals surface area contributed by atoms with Crippen molar-refractivity contribution in [3.8, 4) is 0 Å². The molecule has 2 aromatic heterocycles. The number of amides is 1. The highest BCUT2D eigenvalue weighted by molar-refractivity contribution is 6.15. The summed E-state index contributed by atoms with van der Waals surface area (Å²) in [6.45, 7) is 2.69. The van der Waals surface area contributed by atoms with Crippen molar-refractivity contribution in [2.24, 2.45) is 0 Å². The van der Waals surface area contributed by atoms with Gasteiger partial charge in [-0.25, -0.2) is 0 Å². The summed E-state index contributed by atoms with van der Waals surface area (Å²) in [7, 11) is 3.78. The number of aliphatic hydroxyl groups excluding tert-OH is 1. The van der Waals surface area contributed by atoms with Crippen LogP contribution in [0.25, 0.3) is 11.0 Å². The number of fused-ring (bicyclic) bond motifs is 1. The van der Waals surface area contributed by atoms with Gasteiger partial charge in [0.2, 0.25) is 5.78 Å². The second-order valence-electron chi connectivity index (χ2n) is 7.39. The van der Waals surface area contributed by atoms with Gasteiger partial charge in [-0.3, -0.25) is 9.59 Å². The van der Waals surface area contributed by atoms with Gasteiger partial charge in [-0.15, -0.1) is 0 Å². The molecule has 1 aliphatic heterocycles. The van der Waals surface area contributed by atoms with Gasteiger partial charge in [0.15, 0.2) is 11.5 Å². The van der Waals surface area contributed by atoms with Crippen LogP contribution in [0.4, 0.5) is 0 Å². The monoisotopic (exact) mass is 394 g/mol. The number of furan rings is 2. The zero-order valence-corrected chi connectivity index (χ0v) is 16.5. The minimum atomic E-state index is -0.808. The lowest BCUT2D eigenvalue weighted by Crippen LogP contribution is -2.36. The van der Waals surface area contributed by atoms with Gasteiger partial charge < -0.3 is 23.7 Å². The fourth-order valence-electron chi connectivity index (χ4n) is 3.55. The van der Waals surface area contributed by atoms with E-state index in [-0.39, 0.29) is 11.3 Å². The Morgan fingerprint density at radius 3 is 2.59 bits per heavy atom. The SMILES string of the molecule is Cc1ccc([C@@H]2C(C(=O)c3cc4ccccc4o3)=C(O)C(=O)N2CCN(C)C)o1. The molecule has 150 valence electrons. The van der Waals surface area contributed by atoms with Gasteiger partial charge >= 0.3 is 0 Å². The highest BCUT2D eigenvalue weighted by Gasteiger charge is 2.45. The molecular weight excluding hydrogens is 372 g/mol. The second kappa shape index (κ2) is 7.25. The predicted octanol–water partition coefficient (Wildman–Crippen LogP) is 3.47. The van der Waals surface area contributed by atoms with Crippen molar-refractivity contribution in [3.63, 3.8) is 0 Å². The normalized spacial score (nSPS) is 17.2. The van der Waals surface area contributed by atoms with Gasteiger partial charge in [0.05, 0.1) is 5.57 Å². The summed E-state index contributed by atoms with van der Waals surface area (Å²) in [5, 5.41) is 11.4. The van der Waals surface area contributed by atoms with Gasteiger partial charge in [0.1, 0.15) is 23.1 Å². The highest BCUT2D eigenvalue weighted by Crippen LogP contribution is 2.40. The van der Waals surface area contributed by atoms with Crippen LogP contribution in [-0.2, 0) is 4.79 Å². The number of carbonyl (C=O) groups excluding carboxylic acids is 2. The average molecular weight is 394 g/mol. The van der Waals surface area contributed by atoms with Crippen molar-refractivity contribution in [1.29, 1.82) is 0 Å². The lowest BCUT2D eigenvalue weighted by Gasteiger charge is -2.26. The summed E-state index contributed by atoms with van der Waals surface area (Å²) in [5.74, 6) is -0.527. The van der Waals surface area contributed by atoms with Crippen LogP contribution in [0.1, 0.15) is 28.1 Å². The molecule has 1 aliphatic rings. The molecule has 0 spiro atoms. The summed E-state index contributed by atoms with van der Waals surface area (Å²) in [6, 6.07) is 11.6. The van der Waals surface area contributed by atoms with Gasteiger partial charge in [0, 0.05) is 18.5 Å². The largest absolute Gasteiger partial charge is 0.503 e. The van der Waals surface area contributed by atoms with E-state index in [1.807, 2.05) is 37.2 Å². The number of ketones is 1. The summed E-state index contributed by atoms with van der Waals surface area (Å²) in [4.78, 5) is 29.5. The topological polar surface area (TPSA) is 87.1 Å². The van der Waals surface area contributed by atoms with E-state index in [0.717, 1.165) is 5.39 Å². The second-order valence-corrected chi connectivity index (χ2v) is 7.39.